The van der Waals surface area contributed by atoms with Crippen LogP contribution < -0.4 is 10.5 Å². The molecule has 0 aliphatic carbocycles. The number of sulfonamides is 1. The van der Waals surface area contributed by atoms with Gasteiger partial charge in [0.25, 0.3) is 0 Å². The van der Waals surface area contributed by atoms with Crippen LogP contribution in [0, 0.1) is 5.92 Å². The van der Waals surface area contributed by atoms with Crippen molar-refractivity contribution in [1.29, 1.82) is 0 Å². The summed E-state index contributed by atoms with van der Waals surface area (Å²) >= 11 is 0. The third-order valence-electron chi connectivity index (χ3n) is 4.10. The molecule has 0 spiro atoms. The highest BCUT2D eigenvalue weighted by atomic mass is 32.2. The highest BCUT2D eigenvalue weighted by Crippen LogP contribution is 2.14. The van der Waals surface area contributed by atoms with E-state index >= 15 is 0 Å². The molecule has 0 unspecified atom stereocenters. The van der Waals surface area contributed by atoms with Gasteiger partial charge in [0.15, 0.2) is 0 Å². The second-order valence-electron chi connectivity index (χ2n) is 6.27. The third kappa shape index (κ3) is 5.93. The molecule has 1 saturated heterocycles. The lowest BCUT2D eigenvalue weighted by molar-refractivity contribution is -0.122. The zero-order valence-electron chi connectivity index (χ0n) is 13.5. The first-order valence-corrected chi connectivity index (χ1v) is 9.50. The molecular weight excluding hydrogens is 314 g/mol. The normalized spacial score (nSPS) is 19.5. The molecule has 0 saturated carbocycles. The fourth-order valence-corrected chi connectivity index (χ4v) is 3.40. The predicted molar refractivity (Wildman–Crippen MR) is 89.4 cm³/mol. The van der Waals surface area contributed by atoms with E-state index in [4.69, 9.17) is 5.14 Å². The van der Waals surface area contributed by atoms with Crippen molar-refractivity contribution in [2.75, 3.05) is 26.2 Å². The van der Waals surface area contributed by atoms with E-state index in [1.165, 1.54) is 18.6 Å². The Hall–Kier alpha value is -1.44. The van der Waals surface area contributed by atoms with Crippen molar-refractivity contribution in [2.24, 2.45) is 11.1 Å². The molecule has 6 nitrogen and oxygen atoms in total. The van der Waals surface area contributed by atoms with E-state index in [9.17, 15) is 13.2 Å². The van der Waals surface area contributed by atoms with E-state index in [1.54, 1.807) is 12.1 Å². The van der Waals surface area contributed by atoms with Gasteiger partial charge in [-0.3, -0.25) is 9.69 Å². The Labute approximate surface area is 138 Å². The van der Waals surface area contributed by atoms with Gasteiger partial charge in [0.1, 0.15) is 0 Å². The molecule has 0 radical (unpaired) electrons. The topological polar surface area (TPSA) is 92.5 Å². The Bertz CT molecular complexity index is 628. The van der Waals surface area contributed by atoms with Crippen LogP contribution in [0.3, 0.4) is 0 Å². The van der Waals surface area contributed by atoms with Crippen LogP contribution in [0.25, 0.3) is 0 Å². The number of piperidine rings is 1. The van der Waals surface area contributed by atoms with E-state index in [-0.39, 0.29) is 10.8 Å². The van der Waals surface area contributed by atoms with Gasteiger partial charge in [-0.05, 0) is 49.4 Å². The maximum Gasteiger partial charge on any atom is 0.238 e. The van der Waals surface area contributed by atoms with Crippen LogP contribution in [0.5, 0.6) is 0 Å². The Kier molecular flexibility index (Phi) is 6.15. The molecule has 128 valence electrons. The predicted octanol–water partition coefficient (Wildman–Crippen LogP) is 0.725. The van der Waals surface area contributed by atoms with Crippen molar-refractivity contribution in [2.45, 2.75) is 31.1 Å². The molecule has 1 aliphatic heterocycles. The fraction of sp³-hybridized carbons (Fsp3) is 0.562. The molecule has 0 bridgehead atoms. The quantitative estimate of drug-likeness (QED) is 0.799. The number of nitrogens with zero attached hydrogens (tertiary/aromatic N) is 1. The third-order valence-corrected chi connectivity index (χ3v) is 5.03. The van der Waals surface area contributed by atoms with Gasteiger partial charge in [-0.25, -0.2) is 13.6 Å². The van der Waals surface area contributed by atoms with Crippen molar-refractivity contribution in [3.63, 3.8) is 0 Å². The first-order valence-electron chi connectivity index (χ1n) is 7.95. The summed E-state index contributed by atoms with van der Waals surface area (Å²) in [4.78, 5) is 14.2. The number of hydrogen-bond acceptors (Lipinski definition) is 4. The number of hydrogen-bond donors (Lipinski definition) is 2. The van der Waals surface area contributed by atoms with Crippen LogP contribution in [0.2, 0.25) is 0 Å². The summed E-state index contributed by atoms with van der Waals surface area (Å²) in [6.07, 6.45) is 3.06. The first kappa shape index (κ1) is 17.9. The molecule has 1 atom stereocenters. The summed E-state index contributed by atoms with van der Waals surface area (Å²) < 4.78 is 22.4. The minimum absolute atomic E-state index is 0.0419. The molecule has 1 aromatic rings. The summed E-state index contributed by atoms with van der Waals surface area (Å²) in [5.74, 6) is 0.703. The van der Waals surface area contributed by atoms with Crippen LogP contribution in [0.15, 0.2) is 29.2 Å². The van der Waals surface area contributed by atoms with E-state index < -0.39 is 10.0 Å². The molecule has 0 aromatic heterocycles. The van der Waals surface area contributed by atoms with Gasteiger partial charge >= 0.3 is 0 Å². The van der Waals surface area contributed by atoms with Gasteiger partial charge in [0, 0.05) is 13.1 Å². The minimum Gasteiger partial charge on any atom is -0.355 e. The molecule has 23 heavy (non-hydrogen) atoms. The van der Waals surface area contributed by atoms with Crippen molar-refractivity contribution < 1.29 is 13.2 Å². The first-order chi connectivity index (χ1) is 10.8. The van der Waals surface area contributed by atoms with Gasteiger partial charge < -0.3 is 5.32 Å². The summed E-state index contributed by atoms with van der Waals surface area (Å²) in [5, 5.41) is 7.97. The van der Waals surface area contributed by atoms with Gasteiger partial charge in [0.05, 0.1) is 11.4 Å². The Morgan fingerprint density at radius 2 is 2.04 bits per heavy atom. The number of primary sulfonamides is 1. The number of benzene rings is 1. The standard InChI is InChI=1S/C16H25N3O3S/c1-13-3-2-10-19(11-13)12-16(20)18-9-8-14-4-6-15(7-5-14)23(17,21)22/h4-7,13H,2-3,8-12H2,1H3,(H,18,20)(H2,17,21,22)/t13-/m0/s1. The van der Waals surface area contributed by atoms with E-state index in [0.29, 0.717) is 25.4 Å². The smallest absolute Gasteiger partial charge is 0.238 e. The maximum absolute atomic E-state index is 11.9. The van der Waals surface area contributed by atoms with Crippen molar-refractivity contribution >= 4 is 15.9 Å². The van der Waals surface area contributed by atoms with E-state index in [2.05, 4.69) is 17.1 Å². The minimum atomic E-state index is -3.65. The van der Waals surface area contributed by atoms with Gasteiger partial charge in [-0.1, -0.05) is 19.1 Å². The average molecular weight is 339 g/mol. The van der Waals surface area contributed by atoms with Crippen LogP contribution in [0.1, 0.15) is 25.3 Å². The highest BCUT2D eigenvalue weighted by Gasteiger charge is 2.18. The number of rotatable bonds is 6. The van der Waals surface area contributed by atoms with Crippen LogP contribution in [-0.4, -0.2) is 45.4 Å². The number of likely N-dealkylation sites (tertiary alicyclic amines) is 1. The number of amides is 1. The molecule has 1 aliphatic rings. The van der Waals surface area contributed by atoms with E-state index in [0.717, 1.165) is 25.1 Å². The molecule has 3 N–H and O–H groups in total. The average Bonchev–Trinajstić information content (AvgIpc) is 2.47. The number of nitrogens with two attached hydrogens (primary N) is 1. The molecular formula is C16H25N3O3S. The molecule has 1 fully saturated rings. The zero-order chi connectivity index (χ0) is 16.9. The second kappa shape index (κ2) is 7.90. The van der Waals surface area contributed by atoms with E-state index in [1.807, 2.05) is 0 Å². The van der Waals surface area contributed by atoms with Gasteiger partial charge in [-0.2, -0.15) is 0 Å². The summed E-state index contributed by atoms with van der Waals surface area (Å²) in [6.45, 7) is 5.19. The van der Waals surface area contributed by atoms with Crippen molar-refractivity contribution in [1.82, 2.24) is 10.2 Å². The molecule has 7 heteroatoms. The maximum atomic E-state index is 11.9. The molecule has 1 aromatic carbocycles. The Morgan fingerprint density at radius 3 is 2.65 bits per heavy atom. The second-order valence-corrected chi connectivity index (χ2v) is 7.83. The fourth-order valence-electron chi connectivity index (χ4n) is 2.88. The lowest BCUT2D eigenvalue weighted by Gasteiger charge is -2.30. The number of carbonyl (C=O) groups excluding carboxylic acids is 1. The molecule has 1 heterocycles. The highest BCUT2D eigenvalue weighted by molar-refractivity contribution is 7.89. The van der Waals surface area contributed by atoms with Gasteiger partial charge in [0.2, 0.25) is 15.9 Å². The summed E-state index contributed by atoms with van der Waals surface area (Å²) in [5.41, 5.74) is 0.962. The number of nitrogens with one attached hydrogen (secondary N) is 1. The van der Waals surface area contributed by atoms with Crippen molar-refractivity contribution in [3.8, 4) is 0 Å². The largest absolute Gasteiger partial charge is 0.355 e. The monoisotopic (exact) mass is 339 g/mol. The zero-order valence-corrected chi connectivity index (χ0v) is 14.3. The SMILES string of the molecule is C[C@H]1CCCN(CC(=O)NCCc2ccc(S(N)(=O)=O)cc2)C1. The summed E-state index contributed by atoms with van der Waals surface area (Å²) in [6, 6.07) is 6.42. The molecule has 1 amide bonds. The van der Waals surface area contributed by atoms with Crippen LogP contribution in [-0.2, 0) is 21.2 Å². The Balaban J connectivity index is 1.73. The van der Waals surface area contributed by atoms with Gasteiger partial charge in [-0.15, -0.1) is 0 Å². The Morgan fingerprint density at radius 1 is 1.35 bits per heavy atom. The lowest BCUT2D eigenvalue weighted by atomic mass is 10.0. The van der Waals surface area contributed by atoms with Crippen LogP contribution >= 0.6 is 0 Å². The lowest BCUT2D eigenvalue weighted by Crippen LogP contribution is -2.42. The number of carbonyl (C=O) groups is 1. The summed E-state index contributed by atoms with van der Waals surface area (Å²) in [7, 11) is -3.65. The molecule has 2 rings (SSSR count). The van der Waals surface area contributed by atoms with Crippen LogP contribution in [0.4, 0.5) is 0 Å². The van der Waals surface area contributed by atoms with Crippen molar-refractivity contribution in [3.05, 3.63) is 29.8 Å².